The fourth-order valence-corrected chi connectivity index (χ4v) is 3.16. The van der Waals surface area contributed by atoms with Gasteiger partial charge in [-0.25, -0.2) is 4.79 Å². The first kappa shape index (κ1) is 18.8. The maximum Gasteiger partial charge on any atom is 0.344 e. The van der Waals surface area contributed by atoms with E-state index in [2.05, 4.69) is 35.1 Å². The smallest absolute Gasteiger partial charge is 0.344 e. The highest BCUT2D eigenvalue weighted by Gasteiger charge is 2.28. The number of carbonyl (C=O) groups excluding carboxylic acids is 2. The third-order valence-electron chi connectivity index (χ3n) is 4.59. The molecule has 2 rings (SSSR count). The Morgan fingerprint density at radius 2 is 1.88 bits per heavy atom. The topological polar surface area (TPSA) is 64.6 Å². The van der Waals surface area contributed by atoms with Crippen LogP contribution < -0.4 is 10.1 Å². The Bertz CT molecular complexity index is 561. The van der Waals surface area contributed by atoms with Gasteiger partial charge in [0, 0.05) is 10.5 Å². The van der Waals surface area contributed by atoms with E-state index < -0.39 is 5.97 Å². The van der Waals surface area contributed by atoms with Crippen molar-refractivity contribution in [2.75, 3.05) is 13.2 Å². The molecule has 1 fully saturated rings. The molecule has 0 heterocycles. The predicted octanol–water partition coefficient (Wildman–Crippen LogP) is 3.31. The van der Waals surface area contributed by atoms with Gasteiger partial charge in [-0.1, -0.05) is 42.6 Å². The van der Waals surface area contributed by atoms with Gasteiger partial charge in [0.2, 0.25) is 0 Å². The number of benzene rings is 1. The maximum atomic E-state index is 11.9. The zero-order chi connectivity index (χ0) is 17.5. The minimum absolute atomic E-state index is 0.166. The van der Waals surface area contributed by atoms with Gasteiger partial charge in [-0.3, -0.25) is 4.79 Å². The van der Waals surface area contributed by atoms with Gasteiger partial charge in [0.1, 0.15) is 5.75 Å². The van der Waals surface area contributed by atoms with Crippen LogP contribution in [0.3, 0.4) is 0 Å². The van der Waals surface area contributed by atoms with Gasteiger partial charge in [-0.15, -0.1) is 0 Å². The molecule has 0 aromatic heterocycles. The zero-order valence-corrected chi connectivity index (χ0v) is 15.7. The average Bonchev–Trinajstić information content (AvgIpc) is 2.56. The summed E-state index contributed by atoms with van der Waals surface area (Å²) in [6.45, 7) is 3.89. The van der Waals surface area contributed by atoms with Crippen LogP contribution in [0, 0.1) is 11.8 Å². The molecule has 1 aliphatic rings. The van der Waals surface area contributed by atoms with Gasteiger partial charge < -0.3 is 14.8 Å². The van der Waals surface area contributed by atoms with Gasteiger partial charge in [0.15, 0.2) is 13.2 Å². The molecule has 1 amide bonds. The van der Waals surface area contributed by atoms with E-state index >= 15 is 0 Å². The SMILES string of the molecule is C[C@H]1[C@H](C)CCC[C@@H]1NC(=O)COC(=O)COc1ccc(Br)cc1. The van der Waals surface area contributed by atoms with E-state index in [1.165, 1.54) is 6.42 Å². The molecule has 0 radical (unpaired) electrons. The molecule has 0 saturated heterocycles. The van der Waals surface area contributed by atoms with E-state index in [9.17, 15) is 9.59 Å². The minimum atomic E-state index is -0.557. The first-order chi connectivity index (χ1) is 11.5. The number of hydrogen-bond donors (Lipinski definition) is 1. The standard InChI is InChI=1S/C18H24BrNO4/c1-12-4-3-5-16(13(12)2)20-17(21)10-24-18(22)11-23-15-8-6-14(19)7-9-15/h6-9,12-13,16H,3-5,10-11H2,1-2H3,(H,20,21)/t12-,13+,16+/m1/s1. The van der Waals surface area contributed by atoms with E-state index in [4.69, 9.17) is 9.47 Å². The van der Waals surface area contributed by atoms with Crippen LogP contribution in [-0.2, 0) is 14.3 Å². The van der Waals surface area contributed by atoms with Crippen LogP contribution in [0.5, 0.6) is 5.75 Å². The van der Waals surface area contributed by atoms with Crippen LogP contribution in [0.15, 0.2) is 28.7 Å². The number of hydrogen-bond acceptors (Lipinski definition) is 4. The largest absolute Gasteiger partial charge is 0.482 e. The monoisotopic (exact) mass is 397 g/mol. The second-order valence-corrected chi connectivity index (χ2v) is 7.26. The van der Waals surface area contributed by atoms with Crippen molar-refractivity contribution in [1.29, 1.82) is 0 Å². The number of amides is 1. The molecule has 24 heavy (non-hydrogen) atoms. The van der Waals surface area contributed by atoms with Crippen molar-refractivity contribution in [2.45, 2.75) is 39.2 Å². The van der Waals surface area contributed by atoms with Crippen molar-refractivity contribution in [1.82, 2.24) is 5.32 Å². The second kappa shape index (κ2) is 9.06. The third-order valence-corrected chi connectivity index (χ3v) is 5.12. The van der Waals surface area contributed by atoms with Crippen LogP contribution in [-0.4, -0.2) is 31.1 Å². The lowest BCUT2D eigenvalue weighted by molar-refractivity contribution is -0.150. The van der Waals surface area contributed by atoms with Gasteiger partial charge in [0.05, 0.1) is 0 Å². The molecule has 0 spiro atoms. The number of ether oxygens (including phenoxy) is 2. The molecule has 5 nitrogen and oxygen atoms in total. The minimum Gasteiger partial charge on any atom is -0.482 e. The average molecular weight is 398 g/mol. The van der Waals surface area contributed by atoms with Crippen LogP contribution in [0.4, 0.5) is 0 Å². The molecular formula is C18H24BrNO4. The fourth-order valence-electron chi connectivity index (χ4n) is 2.89. The van der Waals surface area contributed by atoms with Crippen molar-refractivity contribution in [3.05, 3.63) is 28.7 Å². The van der Waals surface area contributed by atoms with E-state index in [1.54, 1.807) is 12.1 Å². The molecule has 0 unspecified atom stereocenters. The Hall–Kier alpha value is -1.56. The van der Waals surface area contributed by atoms with E-state index in [0.29, 0.717) is 17.6 Å². The second-order valence-electron chi connectivity index (χ2n) is 6.34. The summed E-state index contributed by atoms with van der Waals surface area (Å²) in [4.78, 5) is 23.6. The van der Waals surface area contributed by atoms with Gasteiger partial charge in [0.25, 0.3) is 5.91 Å². The third kappa shape index (κ3) is 5.82. The fraction of sp³-hybridized carbons (Fsp3) is 0.556. The summed E-state index contributed by atoms with van der Waals surface area (Å²) in [6.07, 6.45) is 3.31. The maximum absolute atomic E-state index is 11.9. The van der Waals surface area contributed by atoms with Crippen molar-refractivity contribution < 1.29 is 19.1 Å². The Morgan fingerprint density at radius 1 is 1.17 bits per heavy atom. The lowest BCUT2D eigenvalue weighted by Crippen LogP contribution is -2.45. The Labute approximate surface area is 151 Å². The molecule has 1 N–H and O–H groups in total. The van der Waals surface area contributed by atoms with Crippen LogP contribution in [0.1, 0.15) is 33.1 Å². The summed E-state index contributed by atoms with van der Waals surface area (Å²) < 4.78 is 11.2. The Morgan fingerprint density at radius 3 is 2.58 bits per heavy atom. The molecule has 132 valence electrons. The molecule has 3 atom stereocenters. The number of nitrogens with one attached hydrogen (secondary N) is 1. The molecule has 0 bridgehead atoms. The van der Waals surface area contributed by atoms with E-state index in [0.717, 1.165) is 17.3 Å². The normalized spacial score (nSPS) is 23.4. The lowest BCUT2D eigenvalue weighted by atomic mass is 9.78. The summed E-state index contributed by atoms with van der Waals surface area (Å²) >= 11 is 3.32. The zero-order valence-electron chi connectivity index (χ0n) is 14.1. The summed E-state index contributed by atoms with van der Waals surface area (Å²) in [5.74, 6) is 0.811. The highest BCUT2D eigenvalue weighted by atomic mass is 79.9. The van der Waals surface area contributed by atoms with Crippen molar-refractivity contribution in [3.8, 4) is 5.75 Å². The summed E-state index contributed by atoms with van der Waals surface area (Å²) in [5, 5.41) is 2.97. The molecule has 1 saturated carbocycles. The summed E-state index contributed by atoms with van der Waals surface area (Å²) in [6, 6.07) is 7.30. The van der Waals surface area contributed by atoms with E-state index in [-0.39, 0.29) is 25.2 Å². The highest BCUT2D eigenvalue weighted by Crippen LogP contribution is 2.29. The van der Waals surface area contributed by atoms with Gasteiger partial charge in [-0.2, -0.15) is 0 Å². The van der Waals surface area contributed by atoms with Crippen molar-refractivity contribution >= 4 is 27.8 Å². The molecule has 1 aliphatic carbocycles. The molecule has 1 aromatic rings. The quantitative estimate of drug-likeness (QED) is 0.747. The summed E-state index contributed by atoms with van der Waals surface area (Å²) in [7, 11) is 0. The summed E-state index contributed by atoms with van der Waals surface area (Å²) in [5.41, 5.74) is 0. The molecule has 6 heteroatoms. The Kier molecular flexibility index (Phi) is 7.09. The number of carbonyl (C=O) groups is 2. The van der Waals surface area contributed by atoms with Crippen LogP contribution in [0.25, 0.3) is 0 Å². The number of rotatable bonds is 6. The van der Waals surface area contributed by atoms with Gasteiger partial charge in [-0.05, 0) is 42.5 Å². The number of halogens is 1. The van der Waals surface area contributed by atoms with Crippen LogP contribution >= 0.6 is 15.9 Å². The van der Waals surface area contributed by atoms with Crippen molar-refractivity contribution in [2.24, 2.45) is 11.8 Å². The van der Waals surface area contributed by atoms with Crippen LogP contribution in [0.2, 0.25) is 0 Å². The lowest BCUT2D eigenvalue weighted by Gasteiger charge is -2.34. The first-order valence-electron chi connectivity index (χ1n) is 8.29. The molecule has 0 aliphatic heterocycles. The van der Waals surface area contributed by atoms with Gasteiger partial charge >= 0.3 is 5.97 Å². The van der Waals surface area contributed by atoms with E-state index in [1.807, 2.05) is 12.1 Å². The number of esters is 1. The predicted molar refractivity (Wildman–Crippen MR) is 94.7 cm³/mol. The first-order valence-corrected chi connectivity index (χ1v) is 9.08. The Balaban J connectivity index is 1.67. The molecular weight excluding hydrogens is 374 g/mol. The molecule has 1 aromatic carbocycles. The highest BCUT2D eigenvalue weighted by molar-refractivity contribution is 9.10. The van der Waals surface area contributed by atoms with Crippen molar-refractivity contribution in [3.63, 3.8) is 0 Å².